The van der Waals surface area contributed by atoms with Gasteiger partial charge < -0.3 is 5.32 Å². The third kappa shape index (κ3) is 3.57. The predicted molar refractivity (Wildman–Crippen MR) is 56.0 cm³/mol. The number of rotatable bonds is 5. The molecule has 0 radical (unpaired) electrons. The molecule has 3 heteroatoms. The molecule has 0 bridgehead atoms. The molecule has 0 aliphatic rings. The second-order valence-corrected chi connectivity index (χ2v) is 4.37. The Morgan fingerprint density at radius 1 is 1.67 bits per heavy atom. The van der Waals surface area contributed by atoms with Gasteiger partial charge in [0.05, 0.1) is 0 Å². The molecule has 0 amide bonds. The first-order valence-electron chi connectivity index (χ1n) is 4.20. The van der Waals surface area contributed by atoms with Gasteiger partial charge in [-0.3, -0.25) is 0 Å². The summed E-state index contributed by atoms with van der Waals surface area (Å²) in [6.07, 6.45) is 1.03. The highest BCUT2D eigenvalue weighted by Gasteiger charge is 1.99. The zero-order valence-electron chi connectivity index (χ0n) is 7.22. The number of thiophene rings is 1. The van der Waals surface area contributed by atoms with Gasteiger partial charge in [-0.25, -0.2) is 0 Å². The van der Waals surface area contributed by atoms with Crippen LogP contribution in [0.5, 0.6) is 0 Å². The fraction of sp³-hybridized carbons (Fsp3) is 0.556. The summed E-state index contributed by atoms with van der Waals surface area (Å²) in [6.45, 7) is 3.95. The smallest absolute Gasteiger partial charge is 0.0458 e. The maximum Gasteiger partial charge on any atom is 0.0458 e. The highest BCUT2D eigenvalue weighted by atomic mass is 35.5. The summed E-state index contributed by atoms with van der Waals surface area (Å²) < 4.78 is 0. The van der Waals surface area contributed by atoms with E-state index in [0.717, 1.165) is 19.5 Å². The zero-order valence-corrected chi connectivity index (χ0v) is 8.79. The van der Waals surface area contributed by atoms with Crippen LogP contribution in [-0.4, -0.2) is 11.9 Å². The van der Waals surface area contributed by atoms with Crippen LogP contribution < -0.4 is 5.32 Å². The SMILES string of the molecule is CCC(Cl)CNCc1cccs1. The van der Waals surface area contributed by atoms with Gasteiger partial charge in [0.2, 0.25) is 0 Å². The Balaban J connectivity index is 2.11. The minimum atomic E-state index is 0.268. The molecule has 1 rings (SSSR count). The maximum atomic E-state index is 5.95. The van der Waals surface area contributed by atoms with Gasteiger partial charge in [-0.1, -0.05) is 13.0 Å². The molecule has 0 fully saturated rings. The molecule has 1 aromatic heterocycles. The van der Waals surface area contributed by atoms with Crippen molar-refractivity contribution < 1.29 is 0 Å². The van der Waals surface area contributed by atoms with Crippen molar-refractivity contribution in [3.8, 4) is 0 Å². The van der Waals surface area contributed by atoms with Crippen LogP contribution in [-0.2, 0) is 6.54 Å². The van der Waals surface area contributed by atoms with E-state index in [1.165, 1.54) is 4.88 Å². The average molecular weight is 204 g/mol. The first-order valence-corrected chi connectivity index (χ1v) is 5.51. The largest absolute Gasteiger partial charge is 0.310 e. The van der Waals surface area contributed by atoms with Gasteiger partial charge in [0.25, 0.3) is 0 Å². The zero-order chi connectivity index (χ0) is 8.81. The molecule has 1 nitrogen and oxygen atoms in total. The molecule has 0 aliphatic heterocycles. The first kappa shape index (κ1) is 10.0. The van der Waals surface area contributed by atoms with E-state index in [2.05, 4.69) is 29.8 Å². The van der Waals surface area contributed by atoms with Gasteiger partial charge in [-0.15, -0.1) is 22.9 Å². The van der Waals surface area contributed by atoms with Crippen LogP contribution in [0.15, 0.2) is 17.5 Å². The maximum absolute atomic E-state index is 5.95. The molecule has 0 saturated heterocycles. The lowest BCUT2D eigenvalue weighted by Gasteiger charge is -2.06. The first-order chi connectivity index (χ1) is 5.83. The van der Waals surface area contributed by atoms with Crippen molar-refractivity contribution in [2.75, 3.05) is 6.54 Å². The van der Waals surface area contributed by atoms with E-state index >= 15 is 0 Å². The number of alkyl halides is 1. The van der Waals surface area contributed by atoms with E-state index in [-0.39, 0.29) is 5.38 Å². The topological polar surface area (TPSA) is 12.0 Å². The molecule has 1 unspecified atom stereocenters. The van der Waals surface area contributed by atoms with Crippen molar-refractivity contribution in [2.45, 2.75) is 25.3 Å². The Kier molecular flexibility index (Phi) is 4.66. The Morgan fingerprint density at radius 3 is 3.08 bits per heavy atom. The molecular weight excluding hydrogens is 190 g/mol. The Morgan fingerprint density at radius 2 is 2.50 bits per heavy atom. The lowest BCUT2D eigenvalue weighted by atomic mass is 10.3. The normalized spacial score (nSPS) is 13.2. The number of hydrogen-bond acceptors (Lipinski definition) is 2. The summed E-state index contributed by atoms with van der Waals surface area (Å²) in [7, 11) is 0. The summed E-state index contributed by atoms with van der Waals surface area (Å²) in [6, 6.07) is 4.20. The molecule has 0 aliphatic carbocycles. The van der Waals surface area contributed by atoms with Crippen LogP contribution in [0.4, 0.5) is 0 Å². The lowest BCUT2D eigenvalue weighted by Crippen LogP contribution is -2.21. The summed E-state index contributed by atoms with van der Waals surface area (Å²) in [5, 5.41) is 5.68. The van der Waals surface area contributed by atoms with E-state index in [1.807, 2.05) is 0 Å². The Hall–Kier alpha value is -0.0500. The van der Waals surface area contributed by atoms with Crippen molar-refractivity contribution in [3.63, 3.8) is 0 Å². The summed E-state index contributed by atoms with van der Waals surface area (Å²) in [4.78, 5) is 1.37. The van der Waals surface area contributed by atoms with Gasteiger partial charge in [0.15, 0.2) is 0 Å². The van der Waals surface area contributed by atoms with Crippen LogP contribution in [0, 0.1) is 0 Å². The van der Waals surface area contributed by atoms with Crippen LogP contribution in [0.2, 0.25) is 0 Å². The molecule has 1 heterocycles. The number of nitrogens with one attached hydrogen (secondary N) is 1. The standard InChI is InChI=1S/C9H14ClNS/c1-2-8(10)6-11-7-9-4-3-5-12-9/h3-5,8,11H,2,6-7H2,1H3. The monoisotopic (exact) mass is 203 g/mol. The van der Waals surface area contributed by atoms with Crippen LogP contribution in [0.1, 0.15) is 18.2 Å². The summed E-state index contributed by atoms with van der Waals surface area (Å²) in [5.74, 6) is 0. The molecule has 1 atom stereocenters. The molecule has 1 aromatic rings. The predicted octanol–water partition coefficient (Wildman–Crippen LogP) is 2.86. The van der Waals surface area contributed by atoms with E-state index in [1.54, 1.807) is 11.3 Å². The lowest BCUT2D eigenvalue weighted by molar-refractivity contribution is 0.652. The van der Waals surface area contributed by atoms with E-state index < -0.39 is 0 Å². The van der Waals surface area contributed by atoms with Gasteiger partial charge in [0, 0.05) is 23.3 Å². The third-order valence-electron chi connectivity index (χ3n) is 1.69. The van der Waals surface area contributed by atoms with Crippen molar-refractivity contribution in [3.05, 3.63) is 22.4 Å². The molecule has 0 saturated carbocycles. The second kappa shape index (κ2) is 5.57. The molecule has 12 heavy (non-hydrogen) atoms. The Bertz CT molecular complexity index is 198. The number of halogens is 1. The minimum absolute atomic E-state index is 0.268. The minimum Gasteiger partial charge on any atom is -0.310 e. The summed E-state index contributed by atoms with van der Waals surface area (Å²) in [5.41, 5.74) is 0. The van der Waals surface area contributed by atoms with Crippen LogP contribution in [0.3, 0.4) is 0 Å². The average Bonchev–Trinajstić information content (AvgIpc) is 2.57. The van der Waals surface area contributed by atoms with Crippen molar-refractivity contribution >= 4 is 22.9 Å². The van der Waals surface area contributed by atoms with Crippen molar-refractivity contribution in [2.24, 2.45) is 0 Å². The highest BCUT2D eigenvalue weighted by Crippen LogP contribution is 2.07. The van der Waals surface area contributed by atoms with E-state index in [9.17, 15) is 0 Å². The van der Waals surface area contributed by atoms with Crippen molar-refractivity contribution in [1.29, 1.82) is 0 Å². The summed E-state index contributed by atoms with van der Waals surface area (Å²) >= 11 is 7.72. The van der Waals surface area contributed by atoms with Crippen LogP contribution >= 0.6 is 22.9 Å². The number of hydrogen-bond donors (Lipinski definition) is 1. The Labute approximate surface area is 82.7 Å². The molecule has 0 spiro atoms. The highest BCUT2D eigenvalue weighted by molar-refractivity contribution is 7.09. The fourth-order valence-electron chi connectivity index (χ4n) is 0.909. The van der Waals surface area contributed by atoms with Crippen LogP contribution in [0.25, 0.3) is 0 Å². The quantitative estimate of drug-likeness (QED) is 0.726. The van der Waals surface area contributed by atoms with Gasteiger partial charge in [-0.2, -0.15) is 0 Å². The van der Waals surface area contributed by atoms with Gasteiger partial charge in [0.1, 0.15) is 0 Å². The second-order valence-electron chi connectivity index (χ2n) is 2.72. The van der Waals surface area contributed by atoms with Gasteiger partial charge >= 0.3 is 0 Å². The molecular formula is C9H14ClNS. The van der Waals surface area contributed by atoms with Crippen molar-refractivity contribution in [1.82, 2.24) is 5.32 Å². The molecule has 0 aromatic carbocycles. The van der Waals surface area contributed by atoms with E-state index in [4.69, 9.17) is 11.6 Å². The third-order valence-corrected chi connectivity index (χ3v) is 3.03. The van der Waals surface area contributed by atoms with Gasteiger partial charge in [-0.05, 0) is 17.9 Å². The molecule has 1 N–H and O–H groups in total. The molecule has 68 valence electrons. The fourth-order valence-corrected chi connectivity index (χ4v) is 1.69. The van der Waals surface area contributed by atoms with E-state index in [0.29, 0.717) is 0 Å².